The van der Waals surface area contributed by atoms with Crippen LogP contribution in [-0.2, 0) is 0 Å². The minimum atomic E-state index is 0.278. The minimum absolute atomic E-state index is 0.278. The van der Waals surface area contributed by atoms with Crippen LogP contribution in [0.25, 0.3) is 10.8 Å². The molecule has 4 heteroatoms. The Hall–Kier alpha value is -1.81. The highest BCUT2D eigenvalue weighted by molar-refractivity contribution is 5.92. The number of piperidine rings is 1. The van der Waals surface area contributed by atoms with Gasteiger partial charge in [0.25, 0.3) is 0 Å². The van der Waals surface area contributed by atoms with Crippen LogP contribution in [0.2, 0.25) is 0 Å². The van der Waals surface area contributed by atoms with Gasteiger partial charge in [0.05, 0.1) is 0 Å². The molecule has 1 aliphatic rings. The van der Waals surface area contributed by atoms with Gasteiger partial charge in [-0.3, -0.25) is 0 Å². The van der Waals surface area contributed by atoms with Gasteiger partial charge in [-0.15, -0.1) is 0 Å². The van der Waals surface area contributed by atoms with Crippen LogP contribution in [0.4, 0.5) is 5.82 Å². The Morgan fingerprint density at radius 1 is 1.33 bits per heavy atom. The average molecular weight is 243 g/mol. The number of phenols is 1. The molecule has 0 bridgehead atoms. The summed E-state index contributed by atoms with van der Waals surface area (Å²) < 4.78 is 0. The van der Waals surface area contributed by atoms with Crippen LogP contribution < -0.4 is 10.6 Å². The van der Waals surface area contributed by atoms with Gasteiger partial charge in [-0.25, -0.2) is 4.98 Å². The van der Waals surface area contributed by atoms with Crippen LogP contribution in [0, 0.1) is 0 Å². The molecule has 1 aromatic carbocycles. The molecule has 0 amide bonds. The van der Waals surface area contributed by atoms with Crippen molar-refractivity contribution >= 4 is 16.6 Å². The Morgan fingerprint density at radius 3 is 3.11 bits per heavy atom. The Labute approximate surface area is 106 Å². The maximum absolute atomic E-state index is 9.59. The summed E-state index contributed by atoms with van der Waals surface area (Å²) in [6.07, 6.45) is 4.15. The van der Waals surface area contributed by atoms with E-state index in [9.17, 15) is 5.11 Å². The van der Waals surface area contributed by atoms with Gasteiger partial charge in [0.1, 0.15) is 11.6 Å². The van der Waals surface area contributed by atoms with Crippen LogP contribution in [0.1, 0.15) is 12.8 Å². The quantitative estimate of drug-likeness (QED) is 0.756. The summed E-state index contributed by atoms with van der Waals surface area (Å²) in [6.45, 7) is 2.07. The van der Waals surface area contributed by atoms with Crippen LogP contribution >= 0.6 is 0 Å². The summed E-state index contributed by atoms with van der Waals surface area (Å²) in [4.78, 5) is 4.39. The third-order valence-electron chi connectivity index (χ3n) is 3.39. The largest absolute Gasteiger partial charge is 0.508 e. The maximum Gasteiger partial charge on any atom is 0.134 e. The van der Waals surface area contributed by atoms with E-state index < -0.39 is 0 Å². The van der Waals surface area contributed by atoms with E-state index in [2.05, 4.69) is 15.6 Å². The summed E-state index contributed by atoms with van der Waals surface area (Å²) in [5.74, 6) is 1.14. The second-order valence-electron chi connectivity index (χ2n) is 4.75. The van der Waals surface area contributed by atoms with Crippen molar-refractivity contribution < 1.29 is 5.11 Å². The van der Waals surface area contributed by atoms with Gasteiger partial charge in [-0.1, -0.05) is 6.07 Å². The molecule has 1 saturated heterocycles. The molecule has 1 unspecified atom stereocenters. The van der Waals surface area contributed by atoms with Crippen molar-refractivity contribution in [1.29, 1.82) is 0 Å². The Kier molecular flexibility index (Phi) is 3.02. The molecule has 3 N–H and O–H groups in total. The fourth-order valence-corrected chi connectivity index (χ4v) is 2.44. The van der Waals surface area contributed by atoms with E-state index in [0.29, 0.717) is 6.04 Å². The molecule has 2 aromatic rings. The van der Waals surface area contributed by atoms with Crippen molar-refractivity contribution in [3.8, 4) is 5.75 Å². The van der Waals surface area contributed by atoms with E-state index in [1.54, 1.807) is 18.3 Å². The Bertz CT molecular complexity index is 550. The molecule has 0 aliphatic carbocycles. The topological polar surface area (TPSA) is 57.2 Å². The van der Waals surface area contributed by atoms with Gasteiger partial charge in [-0.05, 0) is 43.0 Å². The number of anilines is 1. The lowest BCUT2D eigenvalue weighted by Crippen LogP contribution is -2.38. The fourth-order valence-electron chi connectivity index (χ4n) is 2.44. The van der Waals surface area contributed by atoms with Crippen molar-refractivity contribution in [2.24, 2.45) is 0 Å². The number of rotatable bonds is 2. The zero-order valence-corrected chi connectivity index (χ0v) is 10.2. The zero-order valence-electron chi connectivity index (χ0n) is 10.2. The minimum Gasteiger partial charge on any atom is -0.508 e. The number of fused-ring (bicyclic) bond motifs is 1. The van der Waals surface area contributed by atoms with E-state index in [0.717, 1.165) is 36.1 Å². The highest BCUT2D eigenvalue weighted by atomic mass is 16.3. The van der Waals surface area contributed by atoms with E-state index in [1.165, 1.54) is 6.42 Å². The van der Waals surface area contributed by atoms with Crippen molar-refractivity contribution in [2.75, 3.05) is 18.4 Å². The summed E-state index contributed by atoms with van der Waals surface area (Å²) in [5.41, 5.74) is 0. The third kappa shape index (κ3) is 2.24. The zero-order chi connectivity index (χ0) is 12.4. The molecule has 4 nitrogen and oxygen atoms in total. The smallest absolute Gasteiger partial charge is 0.134 e. The summed E-state index contributed by atoms with van der Waals surface area (Å²) in [5, 5.41) is 18.5. The second kappa shape index (κ2) is 4.82. The lowest BCUT2D eigenvalue weighted by molar-refractivity contribution is 0.475. The molecule has 0 spiro atoms. The van der Waals surface area contributed by atoms with Gasteiger partial charge in [-0.2, -0.15) is 0 Å². The number of nitrogens with zero attached hydrogens (tertiary/aromatic N) is 1. The molecule has 1 fully saturated rings. The Morgan fingerprint density at radius 2 is 2.28 bits per heavy atom. The first-order valence-corrected chi connectivity index (χ1v) is 6.38. The maximum atomic E-state index is 9.59. The molecule has 18 heavy (non-hydrogen) atoms. The fraction of sp³-hybridized carbons (Fsp3) is 0.357. The Balaban J connectivity index is 1.92. The second-order valence-corrected chi connectivity index (χ2v) is 4.75. The molecule has 0 saturated carbocycles. The number of phenolic OH excluding ortho intramolecular Hbond substituents is 1. The predicted molar refractivity (Wildman–Crippen MR) is 72.9 cm³/mol. The van der Waals surface area contributed by atoms with Crippen LogP contribution in [0.5, 0.6) is 5.75 Å². The van der Waals surface area contributed by atoms with Crippen molar-refractivity contribution in [3.05, 3.63) is 30.5 Å². The van der Waals surface area contributed by atoms with Crippen LogP contribution in [0.3, 0.4) is 0 Å². The van der Waals surface area contributed by atoms with E-state index in [-0.39, 0.29) is 5.75 Å². The van der Waals surface area contributed by atoms with Crippen molar-refractivity contribution in [2.45, 2.75) is 18.9 Å². The number of hydrogen-bond acceptors (Lipinski definition) is 4. The number of hydrogen-bond donors (Lipinski definition) is 3. The third-order valence-corrected chi connectivity index (χ3v) is 3.39. The molecule has 1 aromatic heterocycles. The molecular weight excluding hydrogens is 226 g/mol. The predicted octanol–water partition coefficient (Wildman–Crippen LogP) is 2.10. The van der Waals surface area contributed by atoms with Crippen LogP contribution in [0.15, 0.2) is 30.5 Å². The van der Waals surface area contributed by atoms with E-state index in [4.69, 9.17) is 0 Å². The first-order valence-electron chi connectivity index (χ1n) is 6.38. The number of benzene rings is 1. The SMILES string of the molecule is Oc1ccc2ccnc(NC3CCCNC3)c2c1. The van der Waals surface area contributed by atoms with Gasteiger partial charge in [0.15, 0.2) is 0 Å². The molecule has 1 aliphatic heterocycles. The van der Waals surface area contributed by atoms with Crippen molar-refractivity contribution in [3.63, 3.8) is 0 Å². The highest BCUT2D eigenvalue weighted by Crippen LogP contribution is 2.26. The summed E-state index contributed by atoms with van der Waals surface area (Å²) in [7, 11) is 0. The molecule has 3 rings (SSSR count). The lowest BCUT2D eigenvalue weighted by Gasteiger charge is -2.24. The first kappa shape index (κ1) is 11.3. The van der Waals surface area contributed by atoms with E-state index in [1.807, 2.05) is 12.1 Å². The van der Waals surface area contributed by atoms with Crippen molar-refractivity contribution in [1.82, 2.24) is 10.3 Å². The normalized spacial score (nSPS) is 19.9. The number of aromatic hydroxyl groups is 1. The number of nitrogens with one attached hydrogen (secondary N) is 2. The monoisotopic (exact) mass is 243 g/mol. The molecular formula is C14H17N3O. The van der Waals surface area contributed by atoms with Gasteiger partial charge < -0.3 is 15.7 Å². The molecule has 1 atom stereocenters. The highest BCUT2D eigenvalue weighted by Gasteiger charge is 2.14. The summed E-state index contributed by atoms with van der Waals surface area (Å²) >= 11 is 0. The average Bonchev–Trinajstić information content (AvgIpc) is 2.41. The first-order chi connectivity index (χ1) is 8.83. The molecule has 2 heterocycles. The molecule has 0 radical (unpaired) electrons. The lowest BCUT2D eigenvalue weighted by atomic mass is 10.1. The van der Waals surface area contributed by atoms with Gasteiger partial charge >= 0.3 is 0 Å². The van der Waals surface area contributed by atoms with Crippen LogP contribution in [-0.4, -0.2) is 29.2 Å². The van der Waals surface area contributed by atoms with Gasteiger partial charge in [0, 0.05) is 24.2 Å². The standard InChI is InChI=1S/C14H17N3O/c18-12-4-3-10-5-7-16-14(13(10)8-12)17-11-2-1-6-15-9-11/h3-5,7-8,11,15,18H,1-2,6,9H2,(H,16,17). The molecule has 94 valence electrons. The summed E-state index contributed by atoms with van der Waals surface area (Å²) in [6, 6.07) is 7.75. The number of aromatic nitrogens is 1. The van der Waals surface area contributed by atoms with Gasteiger partial charge in [0.2, 0.25) is 0 Å². The van der Waals surface area contributed by atoms with E-state index >= 15 is 0 Å². The number of pyridine rings is 1.